The van der Waals surface area contributed by atoms with Gasteiger partial charge in [-0.15, -0.1) is 11.3 Å². The molecule has 0 spiro atoms. The fourth-order valence-electron chi connectivity index (χ4n) is 4.59. The smallest absolute Gasteiger partial charge is 0.341 e. The van der Waals surface area contributed by atoms with Gasteiger partial charge in [0.25, 0.3) is 11.8 Å². The summed E-state index contributed by atoms with van der Waals surface area (Å²) in [6.07, 6.45) is 0. The molecule has 0 radical (unpaired) electrons. The van der Waals surface area contributed by atoms with Crippen LogP contribution in [0.3, 0.4) is 0 Å². The largest absolute Gasteiger partial charge is 0.497 e. The van der Waals surface area contributed by atoms with Gasteiger partial charge in [0, 0.05) is 30.1 Å². The maximum Gasteiger partial charge on any atom is 0.341 e. The zero-order valence-electron chi connectivity index (χ0n) is 24.0. The summed E-state index contributed by atoms with van der Waals surface area (Å²) in [5.41, 5.74) is 2.82. The summed E-state index contributed by atoms with van der Waals surface area (Å²) in [4.78, 5) is 47.0. The highest BCUT2D eigenvalue weighted by Crippen LogP contribution is 2.37. The average molecular weight is 576 g/mol. The van der Waals surface area contributed by atoms with Crippen LogP contribution in [0.25, 0.3) is 22.2 Å². The molecule has 0 aliphatic rings. The van der Waals surface area contributed by atoms with Crippen molar-refractivity contribution < 1.29 is 28.6 Å². The van der Waals surface area contributed by atoms with Crippen molar-refractivity contribution in [3.63, 3.8) is 0 Å². The summed E-state index contributed by atoms with van der Waals surface area (Å²) in [6.45, 7) is 8.38. The second-order valence-corrected chi connectivity index (χ2v) is 10.1. The lowest BCUT2D eigenvalue weighted by molar-refractivity contribution is 0.0527. The number of ether oxygens (including phenoxy) is 3. The summed E-state index contributed by atoms with van der Waals surface area (Å²) in [6, 6.07) is 14.4. The first kappa shape index (κ1) is 29.5. The quantitative estimate of drug-likeness (QED) is 0.224. The lowest BCUT2D eigenvalue weighted by Crippen LogP contribution is -2.30. The number of anilines is 1. The van der Waals surface area contributed by atoms with Gasteiger partial charge in [0.05, 0.1) is 48.0 Å². The molecule has 2 aromatic heterocycles. The van der Waals surface area contributed by atoms with Crippen LogP contribution in [0.5, 0.6) is 11.5 Å². The molecule has 2 aromatic carbocycles. The van der Waals surface area contributed by atoms with Crippen molar-refractivity contribution in [3.8, 4) is 22.8 Å². The fraction of sp³-hybridized carbons (Fsp3) is 0.290. The van der Waals surface area contributed by atoms with Gasteiger partial charge in [0.15, 0.2) is 0 Å². The van der Waals surface area contributed by atoms with E-state index in [1.165, 1.54) is 0 Å². The Morgan fingerprint density at radius 1 is 0.976 bits per heavy atom. The van der Waals surface area contributed by atoms with Gasteiger partial charge in [-0.2, -0.15) is 0 Å². The second kappa shape index (κ2) is 12.8. The standard InChI is InChI=1S/C31H33N3O6S/c1-7-34(8-2)30(36)27-18(4)26(31(37)40-9-3)29(41-27)33-28(35)22-17-24(32-23-13-11-10-12-20(22)23)21-15-14-19(38-5)16-25(21)39-6/h10-17H,7-9H2,1-6H3,(H,33,35). The number of nitrogens with zero attached hydrogens (tertiary/aromatic N) is 2. The van der Waals surface area contributed by atoms with Crippen LogP contribution in [0, 0.1) is 6.92 Å². The number of carbonyl (C=O) groups is 3. The van der Waals surface area contributed by atoms with Gasteiger partial charge in [-0.05, 0) is 57.5 Å². The van der Waals surface area contributed by atoms with E-state index >= 15 is 0 Å². The molecule has 0 aliphatic carbocycles. The van der Waals surface area contributed by atoms with Crippen LogP contribution < -0.4 is 14.8 Å². The van der Waals surface area contributed by atoms with E-state index in [0.717, 1.165) is 11.3 Å². The zero-order valence-corrected chi connectivity index (χ0v) is 24.8. The van der Waals surface area contributed by atoms with Gasteiger partial charge in [-0.1, -0.05) is 18.2 Å². The van der Waals surface area contributed by atoms with Crippen LogP contribution in [0.2, 0.25) is 0 Å². The minimum Gasteiger partial charge on any atom is -0.497 e. The number of fused-ring (bicyclic) bond motifs is 1. The van der Waals surface area contributed by atoms with E-state index in [4.69, 9.17) is 19.2 Å². The molecule has 2 amide bonds. The zero-order chi connectivity index (χ0) is 29.7. The predicted octanol–water partition coefficient (Wildman–Crippen LogP) is 6.20. The van der Waals surface area contributed by atoms with Crippen molar-refractivity contribution in [3.05, 3.63) is 70.1 Å². The van der Waals surface area contributed by atoms with Crippen molar-refractivity contribution in [2.45, 2.75) is 27.7 Å². The highest BCUT2D eigenvalue weighted by Gasteiger charge is 2.29. The van der Waals surface area contributed by atoms with Gasteiger partial charge in [0.1, 0.15) is 16.5 Å². The summed E-state index contributed by atoms with van der Waals surface area (Å²) in [5, 5.41) is 3.79. The molecular weight excluding hydrogens is 542 g/mol. The first-order valence-corrected chi connectivity index (χ1v) is 14.1. The van der Waals surface area contributed by atoms with E-state index in [0.29, 0.717) is 62.8 Å². The first-order valence-electron chi connectivity index (χ1n) is 13.3. The molecule has 4 rings (SSSR count). The van der Waals surface area contributed by atoms with E-state index in [-0.39, 0.29) is 23.1 Å². The van der Waals surface area contributed by atoms with Gasteiger partial charge in [-0.3, -0.25) is 9.59 Å². The third-order valence-corrected chi connectivity index (χ3v) is 7.94. The first-order chi connectivity index (χ1) is 19.8. The SMILES string of the molecule is CCOC(=O)c1c(NC(=O)c2cc(-c3ccc(OC)cc3OC)nc3ccccc23)sc(C(=O)N(CC)CC)c1C. The number of benzene rings is 2. The molecule has 0 unspecified atom stereocenters. The van der Waals surface area contributed by atoms with Gasteiger partial charge in [-0.25, -0.2) is 9.78 Å². The molecule has 41 heavy (non-hydrogen) atoms. The Morgan fingerprint density at radius 3 is 2.37 bits per heavy atom. The van der Waals surface area contributed by atoms with Gasteiger partial charge < -0.3 is 24.4 Å². The number of esters is 1. The van der Waals surface area contributed by atoms with Gasteiger partial charge >= 0.3 is 5.97 Å². The molecular formula is C31H33N3O6S. The molecule has 0 saturated carbocycles. The van der Waals surface area contributed by atoms with E-state index in [2.05, 4.69) is 5.32 Å². The molecule has 214 valence electrons. The number of amides is 2. The van der Waals surface area contributed by atoms with E-state index in [1.54, 1.807) is 51.2 Å². The van der Waals surface area contributed by atoms with Crippen LogP contribution in [-0.4, -0.2) is 61.6 Å². The predicted molar refractivity (Wildman–Crippen MR) is 161 cm³/mol. The molecule has 10 heteroatoms. The molecule has 0 fully saturated rings. The maximum atomic E-state index is 13.9. The number of nitrogens with one attached hydrogen (secondary N) is 1. The lowest BCUT2D eigenvalue weighted by Gasteiger charge is -2.18. The van der Waals surface area contributed by atoms with Crippen LogP contribution >= 0.6 is 11.3 Å². The van der Waals surface area contributed by atoms with E-state index in [1.807, 2.05) is 44.2 Å². The molecule has 0 saturated heterocycles. The number of aromatic nitrogens is 1. The number of thiophene rings is 1. The molecule has 0 aliphatic heterocycles. The Hall–Kier alpha value is -4.44. The molecule has 0 bridgehead atoms. The van der Waals surface area contributed by atoms with Crippen molar-refractivity contribution >= 4 is 45.0 Å². The summed E-state index contributed by atoms with van der Waals surface area (Å²) < 4.78 is 16.2. The van der Waals surface area contributed by atoms with Crippen LogP contribution in [0.1, 0.15) is 56.7 Å². The minimum absolute atomic E-state index is 0.156. The third-order valence-electron chi connectivity index (χ3n) is 6.74. The van der Waals surface area contributed by atoms with Crippen molar-refractivity contribution in [2.75, 3.05) is 39.2 Å². The highest BCUT2D eigenvalue weighted by molar-refractivity contribution is 7.18. The normalized spacial score (nSPS) is 10.8. The lowest BCUT2D eigenvalue weighted by atomic mass is 10.0. The van der Waals surface area contributed by atoms with Crippen LogP contribution in [0.4, 0.5) is 5.00 Å². The number of hydrogen-bond donors (Lipinski definition) is 1. The maximum absolute atomic E-state index is 13.9. The van der Waals surface area contributed by atoms with Crippen molar-refractivity contribution in [2.24, 2.45) is 0 Å². The minimum atomic E-state index is -0.599. The monoisotopic (exact) mass is 575 g/mol. The molecule has 1 N–H and O–H groups in total. The van der Waals surface area contributed by atoms with Gasteiger partial charge in [0.2, 0.25) is 0 Å². The Kier molecular flexibility index (Phi) is 9.24. The van der Waals surface area contributed by atoms with Crippen LogP contribution in [-0.2, 0) is 4.74 Å². The molecule has 2 heterocycles. The Labute approximate surface area is 243 Å². The number of methoxy groups -OCH3 is 2. The Balaban J connectivity index is 1.83. The topological polar surface area (TPSA) is 107 Å². The highest BCUT2D eigenvalue weighted by atomic mass is 32.1. The van der Waals surface area contributed by atoms with E-state index < -0.39 is 11.9 Å². The number of hydrogen-bond acceptors (Lipinski definition) is 8. The molecule has 4 aromatic rings. The molecule has 9 nitrogen and oxygen atoms in total. The number of para-hydroxylation sites is 1. The summed E-state index contributed by atoms with van der Waals surface area (Å²) in [5.74, 6) is -0.0911. The van der Waals surface area contributed by atoms with E-state index in [9.17, 15) is 14.4 Å². The average Bonchev–Trinajstić information content (AvgIpc) is 3.31. The summed E-state index contributed by atoms with van der Waals surface area (Å²) in [7, 11) is 3.13. The number of pyridine rings is 1. The third kappa shape index (κ3) is 5.88. The summed E-state index contributed by atoms with van der Waals surface area (Å²) >= 11 is 1.07. The van der Waals surface area contributed by atoms with Crippen molar-refractivity contribution in [1.29, 1.82) is 0 Å². The second-order valence-electron chi connectivity index (χ2n) is 9.05. The fourth-order valence-corrected chi connectivity index (χ4v) is 5.75. The number of rotatable bonds is 10. The number of carbonyl (C=O) groups excluding carboxylic acids is 3. The Bertz CT molecular complexity index is 1610. The van der Waals surface area contributed by atoms with Crippen LogP contribution in [0.15, 0.2) is 48.5 Å². The van der Waals surface area contributed by atoms with Crippen molar-refractivity contribution in [1.82, 2.24) is 9.88 Å². The Morgan fingerprint density at radius 2 is 1.71 bits per heavy atom. The molecule has 0 atom stereocenters.